The minimum absolute atomic E-state index is 0.237. The van der Waals surface area contributed by atoms with Crippen molar-refractivity contribution in [1.82, 2.24) is 19.7 Å². The van der Waals surface area contributed by atoms with E-state index in [4.69, 9.17) is 4.74 Å². The van der Waals surface area contributed by atoms with E-state index in [0.717, 1.165) is 30.8 Å². The van der Waals surface area contributed by atoms with Crippen LogP contribution in [-0.2, 0) is 13.5 Å². The molecule has 6 heteroatoms. The van der Waals surface area contributed by atoms with Gasteiger partial charge in [0, 0.05) is 18.8 Å². The number of nitrogens with zero attached hydrogens (tertiary/aromatic N) is 4. The number of aromatic nitrogens is 4. The van der Waals surface area contributed by atoms with Crippen LogP contribution in [0.25, 0.3) is 0 Å². The molecule has 2 aromatic heterocycles. The molecule has 0 radical (unpaired) electrons. The second kappa shape index (κ2) is 7.85. The third-order valence-electron chi connectivity index (χ3n) is 5.02. The number of rotatable bonds is 6. The highest BCUT2D eigenvalue weighted by Crippen LogP contribution is 2.23. The highest BCUT2D eigenvalue weighted by Gasteiger charge is 2.17. The Bertz CT molecular complexity index is 706. The first-order valence-corrected chi connectivity index (χ1v) is 9.27. The molecule has 2 aromatic rings. The number of aryl methyl sites for hydroxylation is 2. The Labute approximate surface area is 150 Å². The Kier molecular flexibility index (Phi) is 5.56. The predicted octanol–water partition coefficient (Wildman–Crippen LogP) is 3.58. The Balaban J connectivity index is 1.61. The van der Waals surface area contributed by atoms with E-state index in [2.05, 4.69) is 41.2 Å². The standard InChI is InChI=1S/C19H29N5O/c1-13(10-17-14(2)23-24(4)15(17)3)21-18-11-20-12-19(22-18)25-16-8-6-5-7-9-16/h11-13,16H,5-10H2,1-4H3,(H,21,22). The van der Waals surface area contributed by atoms with Gasteiger partial charge in [0.15, 0.2) is 0 Å². The highest BCUT2D eigenvalue weighted by molar-refractivity contribution is 5.36. The molecule has 25 heavy (non-hydrogen) atoms. The van der Waals surface area contributed by atoms with Crippen LogP contribution in [0.3, 0.4) is 0 Å². The summed E-state index contributed by atoms with van der Waals surface area (Å²) in [6, 6.07) is 0.237. The summed E-state index contributed by atoms with van der Waals surface area (Å²) < 4.78 is 7.95. The maximum absolute atomic E-state index is 6.01. The van der Waals surface area contributed by atoms with Crippen LogP contribution < -0.4 is 10.1 Å². The summed E-state index contributed by atoms with van der Waals surface area (Å²) in [5.74, 6) is 1.39. The molecule has 6 nitrogen and oxygen atoms in total. The average Bonchev–Trinajstić information content (AvgIpc) is 2.82. The molecule has 136 valence electrons. The molecule has 1 N–H and O–H groups in total. The lowest BCUT2D eigenvalue weighted by molar-refractivity contribution is 0.148. The Hall–Kier alpha value is -2.11. The van der Waals surface area contributed by atoms with Gasteiger partial charge >= 0.3 is 0 Å². The van der Waals surface area contributed by atoms with Crippen molar-refractivity contribution >= 4 is 5.82 Å². The van der Waals surface area contributed by atoms with Gasteiger partial charge in [-0.25, -0.2) is 0 Å². The quantitative estimate of drug-likeness (QED) is 0.868. The highest BCUT2D eigenvalue weighted by atomic mass is 16.5. The van der Waals surface area contributed by atoms with E-state index in [1.54, 1.807) is 12.4 Å². The van der Waals surface area contributed by atoms with Crippen molar-refractivity contribution in [1.29, 1.82) is 0 Å². The van der Waals surface area contributed by atoms with Gasteiger partial charge < -0.3 is 10.1 Å². The van der Waals surface area contributed by atoms with E-state index in [1.807, 2.05) is 11.7 Å². The summed E-state index contributed by atoms with van der Waals surface area (Å²) in [7, 11) is 1.99. The first kappa shape index (κ1) is 17.7. The van der Waals surface area contributed by atoms with Crippen LogP contribution in [0.1, 0.15) is 56.0 Å². The fourth-order valence-corrected chi connectivity index (χ4v) is 3.55. The molecule has 1 fully saturated rings. The number of hydrogen-bond acceptors (Lipinski definition) is 5. The zero-order chi connectivity index (χ0) is 17.8. The molecule has 0 aromatic carbocycles. The number of ether oxygens (including phenoxy) is 1. The predicted molar refractivity (Wildman–Crippen MR) is 99.0 cm³/mol. The van der Waals surface area contributed by atoms with Crippen molar-refractivity contribution in [2.75, 3.05) is 5.32 Å². The van der Waals surface area contributed by atoms with Crippen LogP contribution >= 0.6 is 0 Å². The molecular weight excluding hydrogens is 314 g/mol. The maximum Gasteiger partial charge on any atom is 0.234 e. The first-order chi connectivity index (χ1) is 12.0. The molecule has 0 amide bonds. The monoisotopic (exact) mass is 343 g/mol. The van der Waals surface area contributed by atoms with Crippen molar-refractivity contribution in [3.05, 3.63) is 29.3 Å². The van der Waals surface area contributed by atoms with Gasteiger partial charge in [-0.15, -0.1) is 0 Å². The van der Waals surface area contributed by atoms with Crippen molar-refractivity contribution in [3.8, 4) is 5.88 Å². The summed E-state index contributed by atoms with van der Waals surface area (Å²) in [6.07, 6.45) is 10.7. The third-order valence-corrected chi connectivity index (χ3v) is 5.02. The summed E-state index contributed by atoms with van der Waals surface area (Å²) >= 11 is 0. The minimum atomic E-state index is 0.237. The number of hydrogen-bond donors (Lipinski definition) is 1. The summed E-state index contributed by atoms with van der Waals surface area (Å²) in [4.78, 5) is 8.86. The molecule has 1 atom stereocenters. The third kappa shape index (κ3) is 4.50. The molecule has 0 aliphatic heterocycles. The molecule has 1 aliphatic carbocycles. The molecule has 1 saturated carbocycles. The van der Waals surface area contributed by atoms with E-state index in [-0.39, 0.29) is 12.1 Å². The van der Waals surface area contributed by atoms with Crippen LogP contribution in [0.15, 0.2) is 12.4 Å². The second-order valence-electron chi connectivity index (χ2n) is 7.14. The van der Waals surface area contributed by atoms with E-state index < -0.39 is 0 Å². The van der Waals surface area contributed by atoms with Gasteiger partial charge in [0.1, 0.15) is 11.9 Å². The zero-order valence-corrected chi connectivity index (χ0v) is 15.7. The molecule has 1 aliphatic rings. The number of nitrogens with one attached hydrogen (secondary N) is 1. The van der Waals surface area contributed by atoms with Crippen molar-refractivity contribution in [2.24, 2.45) is 7.05 Å². The minimum Gasteiger partial charge on any atom is -0.473 e. The van der Waals surface area contributed by atoms with Gasteiger partial charge in [-0.1, -0.05) is 6.42 Å². The lowest BCUT2D eigenvalue weighted by Gasteiger charge is -2.22. The summed E-state index contributed by atoms with van der Waals surface area (Å²) in [5.41, 5.74) is 3.60. The Morgan fingerprint density at radius 3 is 2.68 bits per heavy atom. The van der Waals surface area contributed by atoms with E-state index in [0.29, 0.717) is 5.88 Å². The Morgan fingerprint density at radius 1 is 1.24 bits per heavy atom. The average molecular weight is 343 g/mol. The molecule has 2 heterocycles. The molecular formula is C19H29N5O. The van der Waals surface area contributed by atoms with E-state index in [1.165, 1.54) is 30.5 Å². The molecule has 3 rings (SSSR count). The van der Waals surface area contributed by atoms with Gasteiger partial charge in [-0.2, -0.15) is 10.1 Å². The van der Waals surface area contributed by atoms with Gasteiger partial charge in [0.25, 0.3) is 0 Å². The molecule has 0 bridgehead atoms. The maximum atomic E-state index is 6.01. The first-order valence-electron chi connectivity index (χ1n) is 9.27. The van der Waals surface area contributed by atoms with Gasteiger partial charge in [0.05, 0.1) is 18.1 Å². The largest absolute Gasteiger partial charge is 0.473 e. The smallest absolute Gasteiger partial charge is 0.234 e. The van der Waals surface area contributed by atoms with Crippen LogP contribution in [0, 0.1) is 13.8 Å². The van der Waals surface area contributed by atoms with Crippen LogP contribution in [-0.4, -0.2) is 31.9 Å². The van der Waals surface area contributed by atoms with E-state index >= 15 is 0 Å². The van der Waals surface area contributed by atoms with Gasteiger partial charge in [0.2, 0.25) is 5.88 Å². The fraction of sp³-hybridized carbons (Fsp3) is 0.632. The van der Waals surface area contributed by atoms with Crippen molar-refractivity contribution in [3.63, 3.8) is 0 Å². The van der Waals surface area contributed by atoms with Gasteiger partial charge in [-0.3, -0.25) is 9.67 Å². The van der Waals surface area contributed by atoms with Crippen LogP contribution in [0.5, 0.6) is 5.88 Å². The molecule has 0 saturated heterocycles. The van der Waals surface area contributed by atoms with Crippen LogP contribution in [0.4, 0.5) is 5.82 Å². The topological polar surface area (TPSA) is 64.9 Å². The fourth-order valence-electron chi connectivity index (χ4n) is 3.55. The number of anilines is 1. The zero-order valence-electron chi connectivity index (χ0n) is 15.7. The summed E-state index contributed by atoms with van der Waals surface area (Å²) in [5, 5.41) is 7.93. The Morgan fingerprint density at radius 2 is 2.00 bits per heavy atom. The molecule has 0 spiro atoms. The van der Waals surface area contributed by atoms with Gasteiger partial charge in [-0.05, 0) is 58.4 Å². The summed E-state index contributed by atoms with van der Waals surface area (Å²) in [6.45, 7) is 6.33. The SMILES string of the molecule is Cc1nn(C)c(C)c1CC(C)Nc1cncc(OC2CCCCC2)n1. The van der Waals surface area contributed by atoms with Crippen LogP contribution in [0.2, 0.25) is 0 Å². The lowest BCUT2D eigenvalue weighted by atomic mass is 9.98. The molecule has 1 unspecified atom stereocenters. The normalized spacial score (nSPS) is 16.6. The second-order valence-corrected chi connectivity index (χ2v) is 7.14. The van der Waals surface area contributed by atoms with Crippen molar-refractivity contribution in [2.45, 2.75) is 71.4 Å². The van der Waals surface area contributed by atoms with Crippen molar-refractivity contribution < 1.29 is 4.74 Å². The lowest BCUT2D eigenvalue weighted by Crippen LogP contribution is -2.22. The van der Waals surface area contributed by atoms with E-state index in [9.17, 15) is 0 Å².